The van der Waals surface area contributed by atoms with Crippen molar-refractivity contribution in [3.8, 4) is 5.75 Å². The van der Waals surface area contributed by atoms with E-state index < -0.39 is 49.7 Å². The molecule has 1 amide bonds. The topological polar surface area (TPSA) is 133 Å². The lowest BCUT2D eigenvalue weighted by Gasteiger charge is -2.39. The van der Waals surface area contributed by atoms with Crippen LogP contribution in [0.1, 0.15) is 29.4 Å². The van der Waals surface area contributed by atoms with Crippen molar-refractivity contribution in [3.63, 3.8) is 0 Å². The van der Waals surface area contributed by atoms with Crippen LogP contribution >= 0.6 is 0 Å². The monoisotopic (exact) mass is 516 g/mol. The molecule has 2 aliphatic heterocycles. The highest BCUT2D eigenvalue weighted by Crippen LogP contribution is 2.41. The number of anilines is 1. The molecule has 0 aliphatic carbocycles. The van der Waals surface area contributed by atoms with Crippen LogP contribution < -0.4 is 15.8 Å². The third kappa shape index (κ3) is 4.67. The first-order chi connectivity index (χ1) is 16.2. The van der Waals surface area contributed by atoms with Crippen molar-refractivity contribution < 1.29 is 40.2 Å². The van der Waals surface area contributed by atoms with Gasteiger partial charge in [-0.15, -0.1) is 13.2 Å². The number of halogens is 4. The van der Waals surface area contributed by atoms with E-state index in [0.29, 0.717) is 0 Å². The van der Waals surface area contributed by atoms with Gasteiger partial charge in [-0.3, -0.25) is 9.79 Å². The van der Waals surface area contributed by atoms with Crippen LogP contribution in [-0.2, 0) is 20.1 Å². The molecule has 2 aliphatic rings. The molecule has 3 N–H and O–H groups in total. The zero-order valence-corrected chi connectivity index (χ0v) is 19.0. The van der Waals surface area contributed by atoms with Crippen molar-refractivity contribution in [2.75, 3.05) is 24.3 Å². The Morgan fingerprint density at radius 3 is 2.57 bits per heavy atom. The number of carbonyl (C=O) groups excluding carboxylic acids is 1. The minimum atomic E-state index is -4.91. The molecule has 1 saturated heterocycles. The minimum Gasteiger partial charge on any atom is -0.404 e. The summed E-state index contributed by atoms with van der Waals surface area (Å²) < 4.78 is 85.5. The van der Waals surface area contributed by atoms with E-state index in [1.165, 1.54) is 19.1 Å². The largest absolute Gasteiger partial charge is 0.573 e. The highest BCUT2D eigenvalue weighted by Gasteiger charge is 2.57. The Morgan fingerprint density at radius 1 is 1.26 bits per heavy atom. The van der Waals surface area contributed by atoms with Gasteiger partial charge in [0.15, 0.2) is 14.6 Å². The predicted octanol–water partition coefficient (Wildman–Crippen LogP) is 2.53. The van der Waals surface area contributed by atoms with Crippen LogP contribution in [0.5, 0.6) is 5.75 Å². The number of sulfone groups is 1. The van der Waals surface area contributed by atoms with Gasteiger partial charge in [-0.2, -0.15) is 0 Å². The molecule has 1 aromatic heterocycles. The second kappa shape index (κ2) is 8.45. The van der Waals surface area contributed by atoms with Gasteiger partial charge < -0.3 is 20.5 Å². The Kier molecular flexibility index (Phi) is 6.00. The lowest BCUT2D eigenvalue weighted by atomic mass is 9.92. The van der Waals surface area contributed by atoms with Crippen molar-refractivity contribution in [1.82, 2.24) is 4.98 Å². The number of carbonyl (C=O) groups is 1. The second-order valence-corrected chi connectivity index (χ2v) is 10.7. The van der Waals surface area contributed by atoms with E-state index in [0.717, 1.165) is 24.4 Å². The van der Waals surface area contributed by atoms with Gasteiger partial charge >= 0.3 is 6.36 Å². The molecule has 35 heavy (non-hydrogen) atoms. The second-order valence-electron chi connectivity index (χ2n) is 8.40. The number of rotatable bonds is 4. The predicted molar refractivity (Wildman–Crippen MR) is 116 cm³/mol. The molecule has 2 aromatic rings. The molecule has 1 fully saturated rings. The number of ether oxygens (including phenoxy) is 2. The normalized spacial score (nSPS) is 25.8. The molecule has 1 unspecified atom stereocenters. The van der Waals surface area contributed by atoms with Crippen LogP contribution in [-0.4, -0.2) is 55.2 Å². The Hall–Kier alpha value is -3.26. The molecule has 0 radical (unpaired) electrons. The van der Waals surface area contributed by atoms with Crippen LogP contribution in [0.3, 0.4) is 0 Å². The number of aromatic nitrogens is 1. The Bertz CT molecular complexity index is 1290. The van der Waals surface area contributed by atoms with Gasteiger partial charge in [0.2, 0.25) is 0 Å². The molecule has 14 heteroatoms. The number of aliphatic imine (C=N–C) groups is 1. The number of benzene rings is 1. The summed E-state index contributed by atoms with van der Waals surface area (Å²) in [5.74, 6) is -2.86. The van der Waals surface area contributed by atoms with Gasteiger partial charge in [0.1, 0.15) is 28.6 Å². The summed E-state index contributed by atoms with van der Waals surface area (Å²) in [6.45, 7) is 1.50. The van der Waals surface area contributed by atoms with Crippen LogP contribution in [0, 0.1) is 5.82 Å². The quantitative estimate of drug-likeness (QED) is 0.597. The first kappa shape index (κ1) is 24.9. The highest BCUT2D eigenvalue weighted by atomic mass is 32.2. The van der Waals surface area contributed by atoms with Gasteiger partial charge in [-0.1, -0.05) is 0 Å². The summed E-state index contributed by atoms with van der Waals surface area (Å²) >= 11 is 0. The number of hydrogen-bond donors (Lipinski definition) is 2. The fourth-order valence-electron chi connectivity index (χ4n) is 4.12. The van der Waals surface area contributed by atoms with E-state index >= 15 is 0 Å². The number of pyridine rings is 1. The Labute approximate surface area is 197 Å². The fraction of sp³-hybridized carbons (Fsp3) is 0.381. The summed E-state index contributed by atoms with van der Waals surface area (Å²) in [4.78, 5) is 20.5. The van der Waals surface area contributed by atoms with E-state index in [2.05, 4.69) is 20.0 Å². The smallest absolute Gasteiger partial charge is 0.404 e. The number of alkyl halides is 3. The lowest BCUT2D eigenvalue weighted by molar-refractivity contribution is -0.274. The maximum absolute atomic E-state index is 14.8. The first-order valence-corrected chi connectivity index (χ1v) is 11.9. The first-order valence-electron chi connectivity index (χ1n) is 10.2. The maximum Gasteiger partial charge on any atom is 0.573 e. The standard InChI is InChI=1S/C21H20F4N4O5S/c1-19(11-35(31,32)20(18(26)29-19)6-7-33-10-20)14-8-12(2-4-15(14)22)28-17(30)16-5-3-13(9-27-16)34-21(23,24)25/h2-5,8-9H,6-7,10-11H2,1H3,(H2,26,29)(H,28,30)/t19-,20?/m0/s1. The fourth-order valence-corrected chi connectivity index (χ4v) is 6.38. The molecular weight excluding hydrogens is 496 g/mol. The van der Waals surface area contributed by atoms with Crippen LogP contribution in [0.25, 0.3) is 0 Å². The van der Waals surface area contributed by atoms with E-state index in [-0.39, 0.29) is 42.4 Å². The number of nitrogens with one attached hydrogen (secondary N) is 1. The van der Waals surface area contributed by atoms with E-state index in [9.17, 15) is 30.8 Å². The van der Waals surface area contributed by atoms with E-state index in [4.69, 9.17) is 10.5 Å². The molecule has 3 heterocycles. The van der Waals surface area contributed by atoms with Crippen molar-refractivity contribution in [2.45, 2.75) is 30.0 Å². The van der Waals surface area contributed by atoms with E-state index in [1.807, 2.05) is 0 Å². The molecular formula is C21H20F4N4O5S. The third-order valence-corrected chi connectivity index (χ3v) is 8.56. The zero-order valence-electron chi connectivity index (χ0n) is 18.2. The molecule has 0 bridgehead atoms. The van der Waals surface area contributed by atoms with Crippen molar-refractivity contribution in [3.05, 3.63) is 53.6 Å². The summed E-state index contributed by atoms with van der Waals surface area (Å²) in [5.41, 5.74) is 4.23. The summed E-state index contributed by atoms with van der Waals surface area (Å²) in [5, 5.41) is 2.45. The number of nitrogens with zero attached hydrogens (tertiary/aromatic N) is 2. The molecule has 2 atom stereocenters. The molecule has 0 saturated carbocycles. The Balaban J connectivity index is 1.60. The number of amidine groups is 1. The number of nitrogens with two attached hydrogens (primary N) is 1. The zero-order chi connectivity index (χ0) is 25.6. The summed E-state index contributed by atoms with van der Waals surface area (Å²) in [6, 6.07) is 5.43. The number of hydrogen-bond acceptors (Lipinski definition) is 8. The van der Waals surface area contributed by atoms with Crippen LogP contribution in [0.15, 0.2) is 41.5 Å². The van der Waals surface area contributed by atoms with Gasteiger partial charge in [-0.25, -0.2) is 17.8 Å². The highest BCUT2D eigenvalue weighted by molar-refractivity contribution is 7.93. The average Bonchev–Trinajstić information content (AvgIpc) is 3.25. The van der Waals surface area contributed by atoms with Crippen molar-refractivity contribution >= 4 is 27.3 Å². The van der Waals surface area contributed by atoms with Gasteiger partial charge in [0, 0.05) is 17.9 Å². The third-order valence-electron chi connectivity index (χ3n) is 5.89. The SMILES string of the molecule is C[C@@]1(c2cc(NC(=O)c3ccc(OC(F)(F)F)cn3)ccc2F)CS(=O)(=O)C2(CCOC2)C(N)=N1. The molecule has 4 rings (SSSR count). The van der Waals surface area contributed by atoms with Gasteiger partial charge in [-0.05, 0) is 43.7 Å². The molecule has 188 valence electrons. The summed E-state index contributed by atoms with van der Waals surface area (Å²) in [6.07, 6.45) is -4.03. The van der Waals surface area contributed by atoms with E-state index in [1.54, 1.807) is 0 Å². The number of amides is 1. The van der Waals surface area contributed by atoms with Gasteiger partial charge in [0.25, 0.3) is 5.91 Å². The average molecular weight is 516 g/mol. The Morgan fingerprint density at radius 2 is 2.00 bits per heavy atom. The van der Waals surface area contributed by atoms with Crippen molar-refractivity contribution in [1.29, 1.82) is 0 Å². The van der Waals surface area contributed by atoms with Crippen LogP contribution in [0.4, 0.5) is 23.2 Å². The van der Waals surface area contributed by atoms with Crippen LogP contribution in [0.2, 0.25) is 0 Å². The van der Waals surface area contributed by atoms with Gasteiger partial charge in [0.05, 0.1) is 18.6 Å². The maximum atomic E-state index is 14.8. The molecule has 9 nitrogen and oxygen atoms in total. The van der Waals surface area contributed by atoms with Crippen molar-refractivity contribution in [2.24, 2.45) is 10.7 Å². The molecule has 1 aromatic carbocycles. The molecule has 1 spiro atoms. The minimum absolute atomic E-state index is 0.0840. The summed E-state index contributed by atoms with van der Waals surface area (Å²) in [7, 11) is -3.88. The lowest BCUT2D eigenvalue weighted by Crippen LogP contribution is -2.58.